The van der Waals surface area contributed by atoms with Gasteiger partial charge in [0.1, 0.15) is 16.7 Å². The van der Waals surface area contributed by atoms with E-state index in [2.05, 4.69) is 32.8 Å². The van der Waals surface area contributed by atoms with Crippen LogP contribution in [0.4, 0.5) is 11.4 Å². The molecule has 2 aliphatic rings. The Morgan fingerprint density at radius 1 is 1.16 bits per heavy atom. The van der Waals surface area contributed by atoms with Crippen molar-refractivity contribution in [2.75, 3.05) is 83.8 Å². The Kier molecular flexibility index (Phi) is 11.5. The van der Waals surface area contributed by atoms with E-state index in [-0.39, 0.29) is 23.0 Å². The number of thioether (sulfide) groups is 1. The van der Waals surface area contributed by atoms with Crippen LogP contribution < -0.4 is 21.7 Å². The second-order valence-corrected chi connectivity index (χ2v) is 10.7. The molecule has 1 aromatic rings. The molecule has 0 bridgehead atoms. The fourth-order valence-electron chi connectivity index (χ4n) is 4.32. The van der Waals surface area contributed by atoms with E-state index in [0.29, 0.717) is 32.7 Å². The highest BCUT2D eigenvalue weighted by Crippen LogP contribution is 2.33. The number of ether oxygens (including phenoxy) is 1. The summed E-state index contributed by atoms with van der Waals surface area (Å²) in [7, 11) is 3.68. The number of amides is 3. The summed E-state index contributed by atoms with van der Waals surface area (Å²) in [6.45, 7) is 8.38. The number of hydrogen-bond donors (Lipinski definition) is 4. The van der Waals surface area contributed by atoms with Crippen molar-refractivity contribution in [3.8, 4) is 0 Å². The summed E-state index contributed by atoms with van der Waals surface area (Å²) in [5, 5.41) is 8.22. The topological polar surface area (TPSA) is 132 Å². The van der Waals surface area contributed by atoms with Crippen LogP contribution in [0.1, 0.15) is 13.3 Å². The highest BCUT2D eigenvalue weighted by Gasteiger charge is 2.44. The zero-order valence-corrected chi connectivity index (χ0v) is 22.9. The minimum atomic E-state index is -0.824. The Balaban J connectivity index is 1.44. The number of anilines is 2. The molecule has 206 valence electrons. The molecule has 1 unspecified atom stereocenters. The molecule has 3 amide bonds. The molecule has 0 radical (unpaired) electrons. The van der Waals surface area contributed by atoms with Gasteiger partial charge in [-0.25, -0.2) is 0 Å². The zero-order valence-electron chi connectivity index (χ0n) is 22.1. The molecule has 2 heterocycles. The summed E-state index contributed by atoms with van der Waals surface area (Å²) in [5.41, 5.74) is 7.78. The van der Waals surface area contributed by atoms with Gasteiger partial charge in [-0.2, -0.15) is 0 Å². The summed E-state index contributed by atoms with van der Waals surface area (Å²) in [6.07, 6.45) is 0.465. The van der Waals surface area contributed by atoms with E-state index >= 15 is 0 Å². The fourth-order valence-corrected chi connectivity index (χ4v) is 5.78. The highest BCUT2D eigenvalue weighted by atomic mass is 32.2. The molecule has 2 saturated heterocycles. The van der Waals surface area contributed by atoms with E-state index in [1.165, 1.54) is 11.8 Å². The van der Waals surface area contributed by atoms with Gasteiger partial charge in [0, 0.05) is 77.3 Å². The third-order valence-corrected chi connectivity index (χ3v) is 8.16. The highest BCUT2D eigenvalue weighted by molar-refractivity contribution is 8.01. The number of nitrogens with zero attached hydrogens (tertiary/aromatic N) is 3. The molecular formula is C25H41N7O4S. The lowest BCUT2D eigenvalue weighted by atomic mass is 10.2. The van der Waals surface area contributed by atoms with E-state index in [9.17, 15) is 14.4 Å². The molecule has 2 fully saturated rings. The maximum atomic E-state index is 12.9. The molecule has 3 atom stereocenters. The lowest BCUT2D eigenvalue weighted by Gasteiger charge is -2.32. The van der Waals surface area contributed by atoms with E-state index in [1.807, 2.05) is 31.2 Å². The van der Waals surface area contributed by atoms with Gasteiger partial charge >= 0.3 is 0 Å². The quantitative estimate of drug-likeness (QED) is 0.259. The minimum absolute atomic E-state index is 0.000819. The predicted octanol–water partition coefficient (Wildman–Crippen LogP) is 0.0544. The maximum absolute atomic E-state index is 12.9. The van der Waals surface area contributed by atoms with Gasteiger partial charge in [-0.05, 0) is 38.2 Å². The average Bonchev–Trinajstić information content (AvgIpc) is 3.22. The van der Waals surface area contributed by atoms with Gasteiger partial charge in [-0.15, -0.1) is 11.8 Å². The van der Waals surface area contributed by atoms with Gasteiger partial charge in [0.15, 0.2) is 0 Å². The predicted molar refractivity (Wildman–Crippen MR) is 148 cm³/mol. The molecule has 3 rings (SSSR count). The standard InChI is InChI=1S/C25H41N7O4S/c1-4-32-24(35)20(37-25(32)22(26)23(34)27-10-16-36-3)17-28-18-5-7-19(8-6-18)29-21(33)9-11-31-14-12-30(2)13-15-31/h5-8,20,22,25,28H,4,9-17,26H2,1-3H3,(H,27,34)(H,29,33)/t20-,22-,25?/m1/s1. The van der Waals surface area contributed by atoms with Gasteiger partial charge in [-0.1, -0.05) is 0 Å². The molecule has 37 heavy (non-hydrogen) atoms. The van der Waals surface area contributed by atoms with E-state index in [1.54, 1.807) is 12.0 Å². The average molecular weight is 536 g/mol. The number of carbonyl (C=O) groups excluding carboxylic acids is 3. The van der Waals surface area contributed by atoms with Crippen molar-refractivity contribution in [2.24, 2.45) is 5.73 Å². The van der Waals surface area contributed by atoms with Crippen LogP contribution in [0, 0.1) is 0 Å². The van der Waals surface area contributed by atoms with Crippen LogP contribution in [0.2, 0.25) is 0 Å². The third-order valence-electron chi connectivity index (χ3n) is 6.64. The number of nitrogens with one attached hydrogen (secondary N) is 3. The van der Waals surface area contributed by atoms with Gasteiger partial charge in [-0.3, -0.25) is 14.4 Å². The van der Waals surface area contributed by atoms with E-state index in [0.717, 1.165) is 44.1 Å². The first-order valence-electron chi connectivity index (χ1n) is 12.8. The Morgan fingerprint density at radius 2 is 1.84 bits per heavy atom. The lowest BCUT2D eigenvalue weighted by Crippen LogP contribution is -2.53. The van der Waals surface area contributed by atoms with Crippen molar-refractivity contribution < 1.29 is 19.1 Å². The van der Waals surface area contributed by atoms with Gasteiger partial charge < -0.3 is 41.1 Å². The van der Waals surface area contributed by atoms with Crippen molar-refractivity contribution in [3.05, 3.63) is 24.3 Å². The summed E-state index contributed by atoms with van der Waals surface area (Å²) in [5.74, 6) is -0.328. The normalized spacial score (nSPS) is 21.6. The molecule has 5 N–H and O–H groups in total. The van der Waals surface area contributed by atoms with Crippen LogP contribution in [0.15, 0.2) is 24.3 Å². The van der Waals surface area contributed by atoms with Gasteiger partial charge in [0.05, 0.1) is 6.61 Å². The number of carbonyl (C=O) groups is 3. The number of benzene rings is 1. The first-order chi connectivity index (χ1) is 17.8. The van der Waals surface area contributed by atoms with Crippen molar-refractivity contribution in [1.29, 1.82) is 0 Å². The van der Waals surface area contributed by atoms with Gasteiger partial charge in [0.25, 0.3) is 0 Å². The van der Waals surface area contributed by atoms with Crippen molar-refractivity contribution in [2.45, 2.75) is 30.0 Å². The SMILES string of the molecule is CCN1C(=O)[C@@H](CNc2ccc(NC(=O)CCN3CCN(C)CC3)cc2)SC1[C@H](N)C(=O)NCCOC. The summed E-state index contributed by atoms with van der Waals surface area (Å²) in [6, 6.07) is 6.63. The van der Waals surface area contributed by atoms with Crippen LogP contribution in [0.3, 0.4) is 0 Å². The van der Waals surface area contributed by atoms with Crippen molar-refractivity contribution >= 4 is 40.9 Å². The smallest absolute Gasteiger partial charge is 0.240 e. The second kappa shape index (κ2) is 14.5. The zero-order chi connectivity index (χ0) is 26.8. The number of piperazine rings is 1. The number of methoxy groups -OCH3 is 1. The molecule has 0 spiro atoms. The summed E-state index contributed by atoms with van der Waals surface area (Å²) >= 11 is 1.41. The Morgan fingerprint density at radius 3 is 2.49 bits per heavy atom. The van der Waals surface area contributed by atoms with Crippen LogP contribution in [0.5, 0.6) is 0 Å². The maximum Gasteiger partial charge on any atom is 0.240 e. The summed E-state index contributed by atoms with van der Waals surface area (Å²) in [4.78, 5) is 44.0. The molecular weight excluding hydrogens is 494 g/mol. The second-order valence-electron chi connectivity index (χ2n) is 9.35. The molecule has 0 saturated carbocycles. The first kappa shape index (κ1) is 29.2. The minimum Gasteiger partial charge on any atom is -0.383 e. The fraction of sp³-hybridized carbons (Fsp3) is 0.640. The largest absolute Gasteiger partial charge is 0.383 e. The lowest BCUT2D eigenvalue weighted by molar-refractivity contribution is -0.131. The first-order valence-corrected chi connectivity index (χ1v) is 13.8. The number of likely N-dealkylation sites (N-methyl/N-ethyl adjacent to an activating group) is 2. The van der Waals surface area contributed by atoms with Crippen LogP contribution in [-0.4, -0.2) is 122 Å². The molecule has 0 aliphatic carbocycles. The van der Waals surface area contributed by atoms with Crippen LogP contribution in [0.25, 0.3) is 0 Å². The van der Waals surface area contributed by atoms with Crippen LogP contribution in [-0.2, 0) is 19.1 Å². The number of nitrogens with two attached hydrogens (primary N) is 1. The Bertz CT molecular complexity index is 896. The molecule has 1 aromatic carbocycles. The van der Waals surface area contributed by atoms with Gasteiger partial charge in [0.2, 0.25) is 17.7 Å². The monoisotopic (exact) mass is 535 g/mol. The van der Waals surface area contributed by atoms with Crippen LogP contribution >= 0.6 is 11.8 Å². The van der Waals surface area contributed by atoms with Crippen molar-refractivity contribution in [1.82, 2.24) is 20.0 Å². The third kappa shape index (κ3) is 8.57. The molecule has 12 heteroatoms. The van der Waals surface area contributed by atoms with Crippen molar-refractivity contribution in [3.63, 3.8) is 0 Å². The molecule has 0 aromatic heterocycles. The van der Waals surface area contributed by atoms with E-state index < -0.39 is 11.4 Å². The molecule has 2 aliphatic heterocycles. The van der Waals surface area contributed by atoms with E-state index in [4.69, 9.17) is 10.5 Å². The molecule has 11 nitrogen and oxygen atoms in total. The number of hydrogen-bond acceptors (Lipinski definition) is 9. The Hall–Kier alpha value is -2.38. The Labute approximate surface area is 223 Å². The number of rotatable bonds is 13. The summed E-state index contributed by atoms with van der Waals surface area (Å²) < 4.78 is 4.95.